The van der Waals surface area contributed by atoms with E-state index < -0.39 is 0 Å². The summed E-state index contributed by atoms with van der Waals surface area (Å²) < 4.78 is 2.01. The number of nitrogens with zero attached hydrogens (tertiary/aromatic N) is 2. The molecule has 0 saturated heterocycles. The van der Waals surface area contributed by atoms with Gasteiger partial charge in [0.05, 0.1) is 11.7 Å². The Kier molecular flexibility index (Phi) is 3.96. The maximum absolute atomic E-state index is 4.37. The van der Waals surface area contributed by atoms with Crippen molar-refractivity contribution < 1.29 is 0 Å². The molecule has 74 valence electrons. The highest BCUT2D eigenvalue weighted by atomic mass is 15.3. The van der Waals surface area contributed by atoms with Crippen molar-refractivity contribution in [3.8, 4) is 0 Å². The molecule has 1 rings (SSSR count). The molecule has 1 aromatic heterocycles. The van der Waals surface area contributed by atoms with Gasteiger partial charge in [-0.05, 0) is 32.9 Å². The Hall–Kier alpha value is -0.830. The summed E-state index contributed by atoms with van der Waals surface area (Å²) >= 11 is 0. The minimum absolute atomic E-state index is 0.445. The molecule has 0 aromatic carbocycles. The van der Waals surface area contributed by atoms with Gasteiger partial charge in [0, 0.05) is 12.7 Å². The number of aromatic nitrogens is 2. The van der Waals surface area contributed by atoms with Crippen LogP contribution in [0.2, 0.25) is 0 Å². The first-order chi connectivity index (χ1) is 6.24. The minimum Gasteiger partial charge on any atom is -0.315 e. The van der Waals surface area contributed by atoms with Crippen molar-refractivity contribution in [3.05, 3.63) is 18.0 Å². The van der Waals surface area contributed by atoms with Crippen LogP contribution in [0.3, 0.4) is 0 Å². The Morgan fingerprint density at radius 3 is 2.92 bits per heavy atom. The van der Waals surface area contributed by atoms with Gasteiger partial charge in [0.2, 0.25) is 0 Å². The Balaban J connectivity index is 2.35. The zero-order valence-electron chi connectivity index (χ0n) is 8.75. The SMILES string of the molecule is CCCNCC(C)n1ccc(C)n1. The smallest absolute Gasteiger partial charge is 0.0615 e. The molecule has 0 amide bonds. The first-order valence-corrected chi connectivity index (χ1v) is 4.96. The fourth-order valence-electron chi connectivity index (χ4n) is 1.26. The van der Waals surface area contributed by atoms with E-state index in [4.69, 9.17) is 0 Å². The highest BCUT2D eigenvalue weighted by Gasteiger charge is 2.03. The van der Waals surface area contributed by atoms with Crippen LogP contribution in [0.1, 0.15) is 32.0 Å². The van der Waals surface area contributed by atoms with Gasteiger partial charge < -0.3 is 5.32 Å². The standard InChI is InChI=1S/C10H19N3/c1-4-6-11-8-10(3)13-7-5-9(2)12-13/h5,7,10-11H,4,6,8H2,1-3H3. The van der Waals surface area contributed by atoms with Crippen molar-refractivity contribution in [2.45, 2.75) is 33.2 Å². The molecule has 1 heterocycles. The molecule has 3 heteroatoms. The largest absolute Gasteiger partial charge is 0.315 e. The molecule has 3 nitrogen and oxygen atoms in total. The number of hydrogen-bond donors (Lipinski definition) is 1. The van der Waals surface area contributed by atoms with E-state index in [1.165, 1.54) is 6.42 Å². The van der Waals surface area contributed by atoms with Gasteiger partial charge in [-0.1, -0.05) is 6.92 Å². The fourth-order valence-corrected chi connectivity index (χ4v) is 1.26. The normalized spacial score (nSPS) is 13.2. The Morgan fingerprint density at radius 1 is 1.62 bits per heavy atom. The van der Waals surface area contributed by atoms with Gasteiger partial charge in [-0.3, -0.25) is 4.68 Å². The third-order valence-corrected chi connectivity index (χ3v) is 2.06. The summed E-state index contributed by atoms with van der Waals surface area (Å²) in [7, 11) is 0. The summed E-state index contributed by atoms with van der Waals surface area (Å²) in [6, 6.07) is 2.48. The third-order valence-electron chi connectivity index (χ3n) is 2.06. The molecule has 0 aliphatic heterocycles. The lowest BCUT2D eigenvalue weighted by atomic mass is 10.3. The van der Waals surface area contributed by atoms with Crippen LogP contribution in [0.15, 0.2) is 12.3 Å². The molecule has 0 spiro atoms. The summed E-state index contributed by atoms with van der Waals surface area (Å²) in [4.78, 5) is 0. The van der Waals surface area contributed by atoms with Gasteiger partial charge in [-0.25, -0.2) is 0 Å². The second kappa shape index (κ2) is 5.02. The van der Waals surface area contributed by atoms with Crippen LogP contribution in [0.25, 0.3) is 0 Å². The molecule has 1 N–H and O–H groups in total. The highest BCUT2D eigenvalue weighted by molar-refractivity contribution is 4.95. The molecule has 1 aromatic rings. The highest BCUT2D eigenvalue weighted by Crippen LogP contribution is 2.03. The topological polar surface area (TPSA) is 29.9 Å². The summed E-state index contributed by atoms with van der Waals surface area (Å²) in [5.74, 6) is 0. The van der Waals surface area contributed by atoms with Crippen LogP contribution < -0.4 is 5.32 Å². The molecule has 0 aliphatic carbocycles. The van der Waals surface area contributed by atoms with Crippen LogP contribution in [0.4, 0.5) is 0 Å². The first-order valence-electron chi connectivity index (χ1n) is 4.96. The van der Waals surface area contributed by atoms with E-state index in [1.807, 2.05) is 23.9 Å². The van der Waals surface area contributed by atoms with Crippen LogP contribution in [0.5, 0.6) is 0 Å². The second-order valence-electron chi connectivity index (χ2n) is 3.49. The van der Waals surface area contributed by atoms with Gasteiger partial charge in [0.1, 0.15) is 0 Å². The van der Waals surface area contributed by atoms with Crippen molar-refractivity contribution in [1.29, 1.82) is 0 Å². The summed E-state index contributed by atoms with van der Waals surface area (Å²) in [5, 5.41) is 7.75. The van der Waals surface area contributed by atoms with Crippen molar-refractivity contribution in [3.63, 3.8) is 0 Å². The van der Waals surface area contributed by atoms with E-state index in [0.29, 0.717) is 6.04 Å². The lowest BCUT2D eigenvalue weighted by molar-refractivity contribution is 0.452. The molecular formula is C10H19N3. The lowest BCUT2D eigenvalue weighted by Crippen LogP contribution is -2.24. The predicted octanol–water partition coefficient (Wildman–Crippen LogP) is 1.75. The molecule has 0 aliphatic rings. The van der Waals surface area contributed by atoms with Gasteiger partial charge in [0.15, 0.2) is 0 Å². The van der Waals surface area contributed by atoms with Crippen molar-refractivity contribution >= 4 is 0 Å². The van der Waals surface area contributed by atoms with Gasteiger partial charge in [-0.15, -0.1) is 0 Å². The Morgan fingerprint density at radius 2 is 2.38 bits per heavy atom. The molecule has 1 unspecified atom stereocenters. The average Bonchev–Trinajstić information content (AvgIpc) is 2.52. The maximum atomic E-state index is 4.37. The predicted molar refractivity (Wildman–Crippen MR) is 54.8 cm³/mol. The molecular weight excluding hydrogens is 162 g/mol. The molecule has 13 heavy (non-hydrogen) atoms. The second-order valence-corrected chi connectivity index (χ2v) is 3.49. The number of rotatable bonds is 5. The quantitative estimate of drug-likeness (QED) is 0.701. The van der Waals surface area contributed by atoms with E-state index in [1.54, 1.807) is 0 Å². The van der Waals surface area contributed by atoms with E-state index in [2.05, 4.69) is 24.3 Å². The van der Waals surface area contributed by atoms with Crippen LogP contribution in [-0.4, -0.2) is 22.9 Å². The number of aryl methyl sites for hydroxylation is 1. The zero-order valence-corrected chi connectivity index (χ0v) is 8.75. The first kappa shape index (κ1) is 10.3. The lowest BCUT2D eigenvalue weighted by Gasteiger charge is -2.12. The summed E-state index contributed by atoms with van der Waals surface area (Å²) in [6.45, 7) is 8.45. The van der Waals surface area contributed by atoms with Crippen LogP contribution in [-0.2, 0) is 0 Å². The zero-order chi connectivity index (χ0) is 9.68. The Labute approximate surface area is 80.1 Å². The molecule has 0 fully saturated rings. The monoisotopic (exact) mass is 181 g/mol. The van der Waals surface area contributed by atoms with Crippen molar-refractivity contribution in [1.82, 2.24) is 15.1 Å². The summed E-state index contributed by atoms with van der Waals surface area (Å²) in [5.41, 5.74) is 1.09. The van der Waals surface area contributed by atoms with E-state index in [9.17, 15) is 0 Å². The maximum Gasteiger partial charge on any atom is 0.0615 e. The fraction of sp³-hybridized carbons (Fsp3) is 0.700. The Bertz CT molecular complexity index is 242. The number of nitrogens with one attached hydrogen (secondary N) is 1. The molecule has 0 bridgehead atoms. The molecule has 0 radical (unpaired) electrons. The van der Waals surface area contributed by atoms with Gasteiger partial charge in [-0.2, -0.15) is 5.10 Å². The minimum atomic E-state index is 0.445. The van der Waals surface area contributed by atoms with E-state index in [-0.39, 0.29) is 0 Å². The van der Waals surface area contributed by atoms with E-state index >= 15 is 0 Å². The third kappa shape index (κ3) is 3.19. The summed E-state index contributed by atoms with van der Waals surface area (Å²) in [6.07, 6.45) is 3.22. The molecule has 1 atom stereocenters. The van der Waals surface area contributed by atoms with Gasteiger partial charge >= 0.3 is 0 Å². The van der Waals surface area contributed by atoms with Crippen molar-refractivity contribution in [2.75, 3.05) is 13.1 Å². The average molecular weight is 181 g/mol. The van der Waals surface area contributed by atoms with Crippen LogP contribution in [0, 0.1) is 6.92 Å². The molecule has 0 saturated carbocycles. The van der Waals surface area contributed by atoms with Crippen molar-refractivity contribution in [2.24, 2.45) is 0 Å². The number of hydrogen-bond acceptors (Lipinski definition) is 2. The van der Waals surface area contributed by atoms with E-state index in [0.717, 1.165) is 18.8 Å². The van der Waals surface area contributed by atoms with Crippen LogP contribution >= 0.6 is 0 Å². The van der Waals surface area contributed by atoms with Gasteiger partial charge in [0.25, 0.3) is 0 Å².